The minimum Gasteiger partial charge on any atom is -0.481 e. The van der Waals surface area contributed by atoms with Crippen LogP contribution in [0.25, 0.3) is 4.85 Å². The van der Waals surface area contributed by atoms with Crippen molar-refractivity contribution in [2.75, 3.05) is 7.11 Å². The second-order valence-electron chi connectivity index (χ2n) is 2.44. The monoisotopic (exact) mass is 162 g/mol. The molecule has 62 valence electrons. The van der Waals surface area contributed by atoms with Gasteiger partial charge in [-0.15, -0.1) is 0 Å². The third-order valence-corrected chi connectivity index (χ3v) is 1.64. The van der Waals surface area contributed by atoms with E-state index in [-0.39, 0.29) is 6.04 Å². The molecule has 0 N–H and O–H groups in total. The summed E-state index contributed by atoms with van der Waals surface area (Å²) in [7, 11) is 1.57. The molecule has 1 aromatic heterocycles. The summed E-state index contributed by atoms with van der Waals surface area (Å²) in [6.07, 6.45) is 1.67. The molecule has 0 spiro atoms. The maximum atomic E-state index is 6.81. The van der Waals surface area contributed by atoms with Crippen molar-refractivity contribution in [1.82, 2.24) is 4.98 Å². The number of ether oxygens (including phenoxy) is 1. The van der Waals surface area contributed by atoms with Crippen molar-refractivity contribution in [1.29, 1.82) is 0 Å². The van der Waals surface area contributed by atoms with Crippen molar-refractivity contribution in [3.8, 4) is 5.88 Å². The van der Waals surface area contributed by atoms with E-state index in [0.717, 1.165) is 5.56 Å². The summed E-state index contributed by atoms with van der Waals surface area (Å²) in [6.45, 7) is 8.65. The van der Waals surface area contributed by atoms with Crippen LogP contribution in [-0.2, 0) is 0 Å². The van der Waals surface area contributed by atoms with E-state index in [4.69, 9.17) is 11.3 Å². The lowest BCUT2D eigenvalue weighted by atomic mass is 10.2. The second-order valence-corrected chi connectivity index (χ2v) is 2.44. The van der Waals surface area contributed by atoms with Crippen LogP contribution in [0.4, 0.5) is 0 Å². The van der Waals surface area contributed by atoms with Crippen LogP contribution >= 0.6 is 0 Å². The van der Waals surface area contributed by atoms with E-state index in [1.807, 2.05) is 13.0 Å². The smallest absolute Gasteiger partial charge is 0.247 e. The lowest BCUT2D eigenvalue weighted by Gasteiger charge is -2.00. The molecule has 3 nitrogen and oxygen atoms in total. The minimum atomic E-state index is -0.122. The highest BCUT2D eigenvalue weighted by molar-refractivity contribution is 5.21. The van der Waals surface area contributed by atoms with Crippen LogP contribution in [0.5, 0.6) is 5.88 Å². The fourth-order valence-corrected chi connectivity index (χ4v) is 0.834. The topological polar surface area (TPSA) is 26.5 Å². The zero-order valence-electron chi connectivity index (χ0n) is 7.11. The molecule has 0 aliphatic rings. The first-order chi connectivity index (χ1) is 5.77. The fourth-order valence-electron chi connectivity index (χ4n) is 0.834. The average molecular weight is 162 g/mol. The lowest BCUT2D eigenvalue weighted by Crippen LogP contribution is -1.91. The molecule has 0 aliphatic carbocycles. The van der Waals surface area contributed by atoms with Crippen LogP contribution < -0.4 is 4.74 Å². The molecule has 0 amide bonds. The first-order valence-corrected chi connectivity index (χ1v) is 3.64. The number of pyridine rings is 1. The Hall–Kier alpha value is -1.56. The number of rotatable bonds is 2. The van der Waals surface area contributed by atoms with Crippen LogP contribution in [0.15, 0.2) is 18.3 Å². The van der Waals surface area contributed by atoms with Gasteiger partial charge in [-0.2, -0.15) is 0 Å². The maximum absolute atomic E-state index is 6.81. The molecular weight excluding hydrogens is 152 g/mol. The van der Waals surface area contributed by atoms with E-state index in [1.165, 1.54) is 0 Å². The highest BCUT2D eigenvalue weighted by Crippen LogP contribution is 2.16. The van der Waals surface area contributed by atoms with E-state index in [1.54, 1.807) is 19.4 Å². The number of hydrogen-bond donors (Lipinski definition) is 0. The van der Waals surface area contributed by atoms with Gasteiger partial charge in [-0.25, -0.2) is 11.6 Å². The zero-order chi connectivity index (χ0) is 8.97. The quantitative estimate of drug-likeness (QED) is 0.622. The molecule has 1 atom stereocenters. The Balaban J connectivity index is 2.86. The second kappa shape index (κ2) is 3.72. The first kappa shape index (κ1) is 8.54. The molecule has 0 saturated carbocycles. The van der Waals surface area contributed by atoms with Crippen LogP contribution in [0, 0.1) is 6.57 Å². The average Bonchev–Trinajstić information content (AvgIpc) is 2.17. The molecule has 1 rings (SSSR count). The van der Waals surface area contributed by atoms with Gasteiger partial charge in [0.15, 0.2) is 0 Å². The highest BCUT2D eigenvalue weighted by atomic mass is 16.5. The number of hydrogen-bond acceptors (Lipinski definition) is 2. The molecule has 0 saturated heterocycles. The summed E-state index contributed by atoms with van der Waals surface area (Å²) < 4.78 is 4.89. The van der Waals surface area contributed by atoms with Gasteiger partial charge in [0, 0.05) is 19.2 Å². The van der Waals surface area contributed by atoms with Crippen molar-refractivity contribution in [2.24, 2.45) is 0 Å². The molecule has 0 bridgehead atoms. The predicted molar refractivity (Wildman–Crippen MR) is 45.8 cm³/mol. The van der Waals surface area contributed by atoms with Gasteiger partial charge in [0.05, 0.1) is 12.7 Å². The summed E-state index contributed by atoms with van der Waals surface area (Å²) in [5.41, 5.74) is 0.922. The Kier molecular flexibility index (Phi) is 2.65. The lowest BCUT2D eigenvalue weighted by molar-refractivity contribution is 0.397. The van der Waals surface area contributed by atoms with E-state index < -0.39 is 0 Å². The summed E-state index contributed by atoms with van der Waals surface area (Å²) in [4.78, 5) is 7.38. The van der Waals surface area contributed by atoms with E-state index in [0.29, 0.717) is 5.88 Å². The largest absolute Gasteiger partial charge is 0.481 e. The third-order valence-electron chi connectivity index (χ3n) is 1.64. The Morgan fingerprint density at radius 2 is 2.33 bits per heavy atom. The van der Waals surface area contributed by atoms with E-state index in [9.17, 15) is 0 Å². The van der Waals surface area contributed by atoms with Gasteiger partial charge in [-0.1, -0.05) is 0 Å². The van der Waals surface area contributed by atoms with Crippen molar-refractivity contribution in [2.45, 2.75) is 13.0 Å². The fraction of sp³-hybridized carbons (Fsp3) is 0.333. The minimum absolute atomic E-state index is 0.122. The number of aromatic nitrogens is 1. The molecule has 0 radical (unpaired) electrons. The molecule has 3 heteroatoms. The first-order valence-electron chi connectivity index (χ1n) is 3.64. The third kappa shape index (κ3) is 1.73. The molecule has 0 fully saturated rings. The van der Waals surface area contributed by atoms with Crippen LogP contribution in [-0.4, -0.2) is 12.1 Å². The SMILES string of the molecule is [C-]#[N+]C(C)c1ccc(OC)nc1. The van der Waals surface area contributed by atoms with Gasteiger partial charge in [0.1, 0.15) is 0 Å². The van der Waals surface area contributed by atoms with Gasteiger partial charge in [-0.3, -0.25) is 0 Å². The van der Waals surface area contributed by atoms with E-state index >= 15 is 0 Å². The molecular formula is C9H10N2O. The van der Waals surface area contributed by atoms with Gasteiger partial charge in [-0.05, 0) is 6.07 Å². The van der Waals surface area contributed by atoms with Crippen LogP contribution in [0.1, 0.15) is 18.5 Å². The van der Waals surface area contributed by atoms with Crippen molar-refractivity contribution >= 4 is 0 Å². The number of methoxy groups -OCH3 is 1. The summed E-state index contributed by atoms with van der Waals surface area (Å²) >= 11 is 0. The molecule has 0 aromatic carbocycles. The van der Waals surface area contributed by atoms with Gasteiger partial charge in [0.2, 0.25) is 11.9 Å². The van der Waals surface area contributed by atoms with E-state index in [2.05, 4.69) is 9.83 Å². The summed E-state index contributed by atoms with van der Waals surface area (Å²) in [5.74, 6) is 0.580. The van der Waals surface area contributed by atoms with Gasteiger partial charge in [0.25, 0.3) is 0 Å². The Morgan fingerprint density at radius 3 is 2.75 bits per heavy atom. The van der Waals surface area contributed by atoms with Crippen molar-refractivity contribution in [3.05, 3.63) is 35.3 Å². The van der Waals surface area contributed by atoms with Crippen LogP contribution in [0.2, 0.25) is 0 Å². The Bertz CT molecular complexity index is 286. The maximum Gasteiger partial charge on any atom is 0.247 e. The Morgan fingerprint density at radius 1 is 1.58 bits per heavy atom. The van der Waals surface area contributed by atoms with Crippen LogP contribution in [0.3, 0.4) is 0 Å². The van der Waals surface area contributed by atoms with Gasteiger partial charge >= 0.3 is 0 Å². The molecule has 1 unspecified atom stereocenters. The molecule has 1 aromatic rings. The molecule has 1 heterocycles. The summed E-state index contributed by atoms with van der Waals surface area (Å²) in [6, 6.07) is 3.49. The molecule has 12 heavy (non-hydrogen) atoms. The van der Waals surface area contributed by atoms with Crippen molar-refractivity contribution < 1.29 is 4.74 Å². The Labute approximate surface area is 71.8 Å². The highest BCUT2D eigenvalue weighted by Gasteiger charge is 2.07. The summed E-state index contributed by atoms with van der Waals surface area (Å²) in [5, 5.41) is 0. The predicted octanol–water partition coefficient (Wildman–Crippen LogP) is 2.07. The zero-order valence-corrected chi connectivity index (χ0v) is 7.11. The van der Waals surface area contributed by atoms with Gasteiger partial charge < -0.3 is 9.58 Å². The normalized spacial score (nSPS) is 11.8. The number of nitrogens with zero attached hydrogens (tertiary/aromatic N) is 2. The molecule has 0 aliphatic heterocycles. The standard InChI is InChI=1S/C9H10N2O/c1-7(10-2)8-4-5-9(12-3)11-6-8/h4-7H,1,3H3. The van der Waals surface area contributed by atoms with Crippen molar-refractivity contribution in [3.63, 3.8) is 0 Å².